The van der Waals surface area contributed by atoms with Crippen LogP contribution in [0.5, 0.6) is 0 Å². The zero-order valence-electron chi connectivity index (χ0n) is 53.7. The second kappa shape index (κ2) is 30.0. The highest BCUT2D eigenvalue weighted by atomic mass is 16.6. The number of fused-ring (bicyclic) bond motifs is 6. The van der Waals surface area contributed by atoms with E-state index in [1.165, 1.54) is 70.6 Å². The van der Waals surface area contributed by atoms with Crippen LogP contribution in [0.15, 0.2) is 34.8 Å². The summed E-state index contributed by atoms with van der Waals surface area (Å²) in [6, 6.07) is 0. The van der Waals surface area contributed by atoms with Gasteiger partial charge in [-0.05, 0) is 201 Å². The van der Waals surface area contributed by atoms with Gasteiger partial charge in [0, 0.05) is 11.8 Å². The highest BCUT2D eigenvalue weighted by Crippen LogP contribution is 2.60. The summed E-state index contributed by atoms with van der Waals surface area (Å²) in [5.74, 6) is 10.8. The standard InChI is InChI=1S/2C19H34O2.C19H30.C6H10O6.C6H8O6/c2*1-5-13-7-8-14-17(11(13)3)12(4)16-10(2)6-9-15(20)18(16)19(14)21;1-5-15-9-10-17-11-16-8-6-7-12(2)18(16)14(4)19(17)13(15)3;2*7-1-2(8)5-3(9)4(10)6(11)12-5/h2*10-21H,5-9H2,1-4H3;8,11-15,18-19H,5-7,9-10H2,1-4H3;2-5,7-10H,1H2;2,5,7-10H,1H2/t;;;2-,3?,4?,5+;2-,5+/m...00/s1. The number of rotatable bonds is 7. The fourth-order valence-corrected chi connectivity index (χ4v) is 20.8. The van der Waals surface area contributed by atoms with Gasteiger partial charge in [-0.25, -0.2) is 9.59 Å². The number of cyclic esters (lactones) is 2. The van der Waals surface area contributed by atoms with Gasteiger partial charge in [-0.15, -0.1) is 0 Å². The number of aliphatic hydroxyl groups is 12. The summed E-state index contributed by atoms with van der Waals surface area (Å²) in [5.41, 5.74) is 3.49. The molecule has 0 aromatic rings. The molecule has 1 saturated heterocycles. The van der Waals surface area contributed by atoms with Crippen molar-refractivity contribution in [3.8, 4) is 0 Å². The minimum atomic E-state index is -1.63. The summed E-state index contributed by atoms with van der Waals surface area (Å²) in [6.45, 7) is 27.7. The summed E-state index contributed by atoms with van der Waals surface area (Å²) in [5, 5.41) is 113. The maximum atomic E-state index is 11.0. The number of hydrogen-bond acceptors (Lipinski definition) is 16. The van der Waals surface area contributed by atoms with Crippen LogP contribution in [0.25, 0.3) is 0 Å². The van der Waals surface area contributed by atoms with E-state index in [0.29, 0.717) is 59.2 Å². The van der Waals surface area contributed by atoms with Gasteiger partial charge in [-0.2, -0.15) is 0 Å². The van der Waals surface area contributed by atoms with Crippen molar-refractivity contribution in [3.63, 3.8) is 0 Å². The third-order valence-corrected chi connectivity index (χ3v) is 25.2. The van der Waals surface area contributed by atoms with E-state index < -0.39 is 73.3 Å². The molecule has 12 N–H and O–H groups in total. The lowest BCUT2D eigenvalue weighted by molar-refractivity contribution is -0.176. The summed E-state index contributed by atoms with van der Waals surface area (Å²) in [4.78, 5) is 21.1. The Morgan fingerprint density at radius 2 is 0.988 bits per heavy atom. The van der Waals surface area contributed by atoms with E-state index in [1.54, 1.807) is 11.1 Å². The molecular formula is C69H116O16. The maximum Gasteiger partial charge on any atom is 0.377 e. The molecule has 9 aliphatic carbocycles. The fourth-order valence-electron chi connectivity index (χ4n) is 20.8. The normalized spacial score (nSPS) is 47.6. The van der Waals surface area contributed by atoms with Crippen molar-refractivity contribution in [2.45, 2.75) is 240 Å². The van der Waals surface area contributed by atoms with Crippen LogP contribution in [-0.4, -0.2) is 147 Å². The quantitative estimate of drug-likeness (QED) is 0.106. The third kappa shape index (κ3) is 14.1. The molecule has 85 heavy (non-hydrogen) atoms. The van der Waals surface area contributed by atoms with Crippen LogP contribution in [0.1, 0.15) is 179 Å². The van der Waals surface area contributed by atoms with Crippen LogP contribution < -0.4 is 0 Å². The van der Waals surface area contributed by atoms with Gasteiger partial charge in [-0.3, -0.25) is 0 Å². The van der Waals surface area contributed by atoms with Crippen molar-refractivity contribution in [2.24, 2.45) is 130 Å². The van der Waals surface area contributed by atoms with Gasteiger partial charge in [0.1, 0.15) is 18.3 Å². The van der Waals surface area contributed by atoms with Crippen molar-refractivity contribution >= 4 is 11.9 Å². The molecule has 0 spiro atoms. The van der Waals surface area contributed by atoms with E-state index in [2.05, 4.69) is 105 Å². The predicted molar refractivity (Wildman–Crippen MR) is 325 cm³/mol. The molecule has 32 atom stereocenters. The Morgan fingerprint density at radius 3 is 1.41 bits per heavy atom. The van der Waals surface area contributed by atoms with E-state index in [0.717, 1.165) is 84.9 Å². The maximum absolute atomic E-state index is 11.0. The first-order valence-corrected chi connectivity index (χ1v) is 33.8. The van der Waals surface area contributed by atoms with Gasteiger partial charge in [0.25, 0.3) is 0 Å². The highest BCUT2D eigenvalue weighted by Gasteiger charge is 2.58. The number of hydrogen-bond donors (Lipinski definition) is 12. The summed E-state index contributed by atoms with van der Waals surface area (Å²) < 4.78 is 8.71. The molecule has 8 fully saturated rings. The molecule has 2 aliphatic heterocycles. The van der Waals surface area contributed by atoms with Crippen molar-refractivity contribution in [3.05, 3.63) is 34.8 Å². The third-order valence-electron chi connectivity index (χ3n) is 25.2. The fraction of sp³-hybridized carbons (Fsp3) is 0.884. The zero-order chi connectivity index (χ0) is 62.8. The molecule has 0 aromatic heterocycles. The van der Waals surface area contributed by atoms with Crippen LogP contribution in [0.4, 0.5) is 0 Å². The lowest BCUT2D eigenvalue weighted by Crippen LogP contribution is -2.59. The topological polar surface area (TPSA) is 295 Å². The average molecular weight is 1200 g/mol. The minimum absolute atomic E-state index is 0.135. The molecule has 11 aliphatic rings. The monoisotopic (exact) mass is 1200 g/mol. The minimum Gasteiger partial charge on any atom is -0.505 e. The van der Waals surface area contributed by atoms with Gasteiger partial charge >= 0.3 is 11.9 Å². The zero-order valence-corrected chi connectivity index (χ0v) is 53.7. The Labute approximate surface area is 509 Å². The van der Waals surface area contributed by atoms with Crippen LogP contribution in [-0.2, 0) is 19.1 Å². The largest absolute Gasteiger partial charge is 0.505 e. The molecule has 0 bridgehead atoms. The molecule has 7 saturated carbocycles. The van der Waals surface area contributed by atoms with Crippen LogP contribution in [0.3, 0.4) is 0 Å². The lowest BCUT2D eigenvalue weighted by atomic mass is 9.48. The second-order valence-electron chi connectivity index (χ2n) is 29.3. The Balaban J connectivity index is 0.000000155. The SMILES string of the molecule is CCC1CCC2=CC3=CCCC(C)C3C(C)C2C1C.CCC1CCC2C(O)C3C(O)CCC(C)C3C(C)C2C1C.CCC1CCC2C(O)C3C(O)CCC(C)C3C(C)C2C1C.O=C1O[C@H]([C@@H](O)CO)C(O)=C1O.O=C1O[C@H]([C@@H](O)CO)C(O)C1O. The van der Waals surface area contributed by atoms with Gasteiger partial charge in [0.2, 0.25) is 5.76 Å². The van der Waals surface area contributed by atoms with E-state index in [4.69, 9.17) is 40.9 Å². The van der Waals surface area contributed by atoms with Crippen molar-refractivity contribution in [1.29, 1.82) is 0 Å². The van der Waals surface area contributed by atoms with Gasteiger partial charge in [0.15, 0.2) is 24.1 Å². The number of carbonyl (C=O) groups excluding carboxylic acids is 2. The second-order valence-corrected chi connectivity index (χ2v) is 29.3. The lowest BCUT2D eigenvalue weighted by Gasteiger charge is -2.59. The predicted octanol–water partition coefficient (Wildman–Crippen LogP) is 8.60. The number of carbonyl (C=O) groups is 2. The molecule has 16 heteroatoms. The molecule has 2 heterocycles. The molecule has 0 aromatic carbocycles. The molecule has 0 amide bonds. The number of allylic oxidation sites excluding steroid dienone is 4. The first-order chi connectivity index (χ1) is 40.2. The Morgan fingerprint density at radius 1 is 0.506 bits per heavy atom. The first-order valence-electron chi connectivity index (χ1n) is 33.8. The van der Waals surface area contributed by atoms with Gasteiger partial charge < -0.3 is 70.8 Å². The average Bonchev–Trinajstić information content (AvgIpc) is 1.69. The Hall–Kier alpha value is -2.64. The van der Waals surface area contributed by atoms with Gasteiger partial charge in [-0.1, -0.05) is 120 Å². The molecule has 0 radical (unpaired) electrons. The van der Waals surface area contributed by atoms with Crippen LogP contribution in [0.2, 0.25) is 0 Å². The first kappa shape index (κ1) is 69.8. The molecule has 16 nitrogen and oxygen atoms in total. The summed E-state index contributed by atoms with van der Waals surface area (Å²) in [6.07, 6.45) is 13.9. The van der Waals surface area contributed by atoms with Crippen LogP contribution in [0, 0.1) is 130 Å². The summed E-state index contributed by atoms with van der Waals surface area (Å²) in [7, 11) is 0. The number of esters is 2. The highest BCUT2D eigenvalue weighted by molar-refractivity contribution is 5.89. The van der Waals surface area contributed by atoms with Gasteiger partial charge in [0.05, 0.1) is 37.6 Å². The smallest absolute Gasteiger partial charge is 0.377 e. The van der Waals surface area contributed by atoms with E-state index in [9.17, 15) is 30.0 Å². The van der Waals surface area contributed by atoms with Crippen molar-refractivity contribution in [1.82, 2.24) is 0 Å². The van der Waals surface area contributed by atoms with Crippen molar-refractivity contribution < 1.29 is 80.3 Å². The summed E-state index contributed by atoms with van der Waals surface area (Å²) >= 11 is 0. The van der Waals surface area contributed by atoms with Crippen molar-refractivity contribution in [2.75, 3.05) is 13.2 Å². The van der Waals surface area contributed by atoms with Crippen LogP contribution >= 0.6 is 0 Å². The van der Waals surface area contributed by atoms with E-state index in [1.807, 2.05) is 0 Å². The molecule has 488 valence electrons. The molecular weight excluding hydrogens is 1080 g/mol. The Bertz CT molecular complexity index is 2200. The number of ether oxygens (including phenoxy) is 2. The van der Waals surface area contributed by atoms with E-state index in [-0.39, 0.29) is 36.3 Å². The number of aliphatic hydroxyl groups excluding tert-OH is 12. The Kier molecular flexibility index (Phi) is 24.6. The molecule has 11 rings (SSSR count). The molecule has 28 unspecified atom stereocenters. The van der Waals surface area contributed by atoms with E-state index >= 15 is 0 Å².